The quantitative estimate of drug-likeness (QED) is 0.147. The molecule has 0 fully saturated rings. The highest BCUT2D eigenvalue weighted by atomic mass is 15.2. The van der Waals surface area contributed by atoms with E-state index in [0.717, 1.165) is 22.7 Å². The van der Waals surface area contributed by atoms with E-state index >= 15 is 0 Å². The first kappa shape index (κ1) is 42.7. The number of hydrogen-bond donors (Lipinski definition) is 0. The lowest BCUT2D eigenvalue weighted by Crippen LogP contribution is -2.13. The maximum atomic E-state index is 2.56. The molecule has 2 heteroatoms. The van der Waals surface area contributed by atoms with Crippen molar-refractivity contribution < 1.29 is 0 Å². The molecule has 2 nitrogen and oxygen atoms in total. The van der Waals surface area contributed by atoms with Gasteiger partial charge in [-0.3, -0.25) is 0 Å². The van der Waals surface area contributed by atoms with E-state index in [1.165, 1.54) is 143 Å². The van der Waals surface area contributed by atoms with Crippen LogP contribution in [-0.2, 0) is 0 Å². The Morgan fingerprint density at radius 3 is 0.842 bits per heavy atom. The minimum Gasteiger partial charge on any atom is -0.309 e. The third-order valence-corrected chi connectivity index (χ3v) is 16.6. The number of benzene rings is 14. The summed E-state index contributed by atoms with van der Waals surface area (Å²) in [6.45, 7) is 4.41. The Kier molecular flexibility index (Phi) is 9.20. The van der Waals surface area contributed by atoms with Crippen molar-refractivity contribution in [3.8, 4) is 55.6 Å². The van der Waals surface area contributed by atoms with E-state index in [-0.39, 0.29) is 0 Å². The molecule has 0 N–H and O–H groups in total. The Labute approximate surface area is 441 Å². The van der Waals surface area contributed by atoms with Crippen LogP contribution in [-0.4, -0.2) is 0 Å². The summed E-state index contributed by atoms with van der Waals surface area (Å²) in [5, 5.41) is 14.7. The van der Waals surface area contributed by atoms with Gasteiger partial charge in [0, 0.05) is 43.7 Å². The fourth-order valence-electron chi connectivity index (χ4n) is 13.5. The molecule has 354 valence electrons. The van der Waals surface area contributed by atoms with Crippen LogP contribution in [0.25, 0.3) is 120 Å². The van der Waals surface area contributed by atoms with Crippen LogP contribution < -0.4 is 9.80 Å². The SMILES string of the molecule is Cc1cccc(N(c2c3ccccc3c(-c3c4ccccc4c(N(c4cccc(C)c4)c4ccc5c6c(cccc46)-c4ccccc4-5)c4ccccc34)c3ccccc23)c2ccc3c4c(cccc24)-c2ccccc2-3)c1. The summed E-state index contributed by atoms with van der Waals surface area (Å²) in [5.41, 5.74) is 22.2. The summed E-state index contributed by atoms with van der Waals surface area (Å²) < 4.78 is 0. The normalized spacial score (nSPS) is 12.1. The number of aryl methyl sites for hydroxylation is 2. The molecule has 14 aromatic rings. The summed E-state index contributed by atoms with van der Waals surface area (Å²) in [5.74, 6) is 0. The standard InChI is InChI=1S/C74H48N2/c1-45-19-15-21-47(43-45)75(67-41-39-59-51-25-5-3-23-49(51)53-35-17-37-65(67)69(53)59)73-61-31-11-7-27-55(61)71(56-28-8-12-32-62(56)73)72-57-29-9-13-33-63(57)74(64-34-14-10-30-58(64)72)76(48-22-16-20-46(2)44-48)68-42-40-60-52-26-6-4-24-50(52)54-36-18-38-66(68)70(54)60/h3-44H,1-2H3. The first-order valence-electron chi connectivity index (χ1n) is 26.5. The highest BCUT2D eigenvalue weighted by Crippen LogP contribution is 2.58. The van der Waals surface area contributed by atoms with Crippen LogP contribution in [0.4, 0.5) is 34.1 Å². The van der Waals surface area contributed by atoms with Crippen molar-refractivity contribution in [1.29, 1.82) is 0 Å². The van der Waals surface area contributed by atoms with Gasteiger partial charge in [0.2, 0.25) is 0 Å². The molecule has 0 atom stereocenters. The van der Waals surface area contributed by atoms with Crippen molar-refractivity contribution in [2.45, 2.75) is 13.8 Å². The molecule has 0 amide bonds. The molecule has 0 heterocycles. The molecule has 0 aliphatic heterocycles. The third kappa shape index (κ3) is 6.04. The van der Waals surface area contributed by atoms with Gasteiger partial charge >= 0.3 is 0 Å². The molecule has 0 saturated carbocycles. The van der Waals surface area contributed by atoms with Gasteiger partial charge in [-0.1, -0.05) is 218 Å². The Morgan fingerprint density at radius 2 is 0.500 bits per heavy atom. The molecule has 0 aromatic heterocycles. The first-order chi connectivity index (χ1) is 37.6. The van der Waals surface area contributed by atoms with E-state index < -0.39 is 0 Å². The minimum atomic E-state index is 1.13. The minimum absolute atomic E-state index is 1.13. The summed E-state index contributed by atoms with van der Waals surface area (Å²) in [6, 6.07) is 95.6. The average Bonchev–Trinajstić information content (AvgIpc) is 4.13. The van der Waals surface area contributed by atoms with Crippen LogP contribution in [0.2, 0.25) is 0 Å². The van der Waals surface area contributed by atoms with E-state index in [4.69, 9.17) is 0 Å². The average molecular weight is 965 g/mol. The molecule has 0 spiro atoms. The summed E-state index contributed by atoms with van der Waals surface area (Å²) >= 11 is 0. The van der Waals surface area contributed by atoms with Gasteiger partial charge in [0.1, 0.15) is 0 Å². The first-order valence-corrected chi connectivity index (χ1v) is 26.5. The molecule has 0 bridgehead atoms. The van der Waals surface area contributed by atoms with E-state index in [9.17, 15) is 0 Å². The van der Waals surface area contributed by atoms with E-state index in [0.29, 0.717) is 0 Å². The lowest BCUT2D eigenvalue weighted by atomic mass is 9.84. The fourth-order valence-corrected chi connectivity index (χ4v) is 13.5. The predicted molar refractivity (Wildman–Crippen MR) is 325 cm³/mol. The molecule has 16 rings (SSSR count). The Bertz CT molecular complexity index is 4330. The second-order valence-corrected chi connectivity index (χ2v) is 20.8. The molecular weight excluding hydrogens is 917 g/mol. The Balaban J connectivity index is 0.998. The van der Waals surface area contributed by atoms with Crippen molar-refractivity contribution in [3.63, 3.8) is 0 Å². The van der Waals surface area contributed by atoms with Crippen LogP contribution in [0, 0.1) is 13.8 Å². The number of hydrogen-bond acceptors (Lipinski definition) is 2. The number of nitrogens with zero attached hydrogens (tertiary/aromatic N) is 2. The van der Waals surface area contributed by atoms with Crippen molar-refractivity contribution >= 4 is 98.8 Å². The van der Waals surface area contributed by atoms with Gasteiger partial charge in [0.25, 0.3) is 0 Å². The fraction of sp³-hybridized carbons (Fsp3) is 0.0270. The van der Waals surface area contributed by atoms with Crippen LogP contribution in [0.15, 0.2) is 255 Å². The Morgan fingerprint density at radius 1 is 0.224 bits per heavy atom. The van der Waals surface area contributed by atoms with Gasteiger partial charge in [-0.2, -0.15) is 0 Å². The monoisotopic (exact) mass is 964 g/mol. The summed E-state index contributed by atoms with van der Waals surface area (Å²) in [7, 11) is 0. The molecule has 2 aliphatic carbocycles. The second kappa shape index (κ2) is 16.4. The van der Waals surface area contributed by atoms with Gasteiger partial charge in [-0.15, -0.1) is 0 Å². The van der Waals surface area contributed by atoms with E-state index in [1.807, 2.05) is 0 Å². The van der Waals surface area contributed by atoms with E-state index in [1.54, 1.807) is 0 Å². The van der Waals surface area contributed by atoms with Crippen LogP contribution in [0.5, 0.6) is 0 Å². The van der Waals surface area contributed by atoms with Crippen molar-refractivity contribution in [2.75, 3.05) is 9.80 Å². The molecule has 0 radical (unpaired) electrons. The van der Waals surface area contributed by atoms with Gasteiger partial charge in [-0.05, 0) is 149 Å². The molecular formula is C74H48N2. The van der Waals surface area contributed by atoms with Gasteiger partial charge in [0.15, 0.2) is 0 Å². The van der Waals surface area contributed by atoms with Gasteiger partial charge < -0.3 is 9.80 Å². The maximum Gasteiger partial charge on any atom is 0.0619 e. The smallest absolute Gasteiger partial charge is 0.0619 e. The van der Waals surface area contributed by atoms with Crippen LogP contribution in [0.3, 0.4) is 0 Å². The van der Waals surface area contributed by atoms with E-state index in [2.05, 4.69) is 278 Å². The third-order valence-electron chi connectivity index (χ3n) is 16.6. The molecule has 14 aromatic carbocycles. The number of fused-ring (bicyclic) bond motifs is 10. The predicted octanol–water partition coefficient (Wildman–Crippen LogP) is 21.1. The topological polar surface area (TPSA) is 6.48 Å². The number of anilines is 6. The van der Waals surface area contributed by atoms with Gasteiger partial charge in [-0.25, -0.2) is 0 Å². The maximum absolute atomic E-state index is 2.56. The van der Waals surface area contributed by atoms with Crippen molar-refractivity contribution in [2.24, 2.45) is 0 Å². The van der Waals surface area contributed by atoms with Crippen LogP contribution in [0.1, 0.15) is 11.1 Å². The second-order valence-electron chi connectivity index (χ2n) is 20.8. The highest BCUT2D eigenvalue weighted by Gasteiger charge is 2.31. The lowest BCUT2D eigenvalue weighted by molar-refractivity contribution is 1.31. The van der Waals surface area contributed by atoms with Crippen molar-refractivity contribution in [1.82, 2.24) is 0 Å². The van der Waals surface area contributed by atoms with Gasteiger partial charge in [0.05, 0.1) is 22.7 Å². The lowest BCUT2D eigenvalue weighted by Gasteiger charge is -2.32. The number of rotatable bonds is 7. The summed E-state index contributed by atoms with van der Waals surface area (Å²) in [4.78, 5) is 5.12. The highest BCUT2D eigenvalue weighted by molar-refractivity contribution is 6.32. The zero-order valence-electron chi connectivity index (χ0n) is 42.1. The zero-order valence-corrected chi connectivity index (χ0v) is 42.1. The summed E-state index contributed by atoms with van der Waals surface area (Å²) in [6.07, 6.45) is 0. The molecule has 76 heavy (non-hydrogen) atoms. The van der Waals surface area contributed by atoms with Crippen molar-refractivity contribution in [3.05, 3.63) is 266 Å². The zero-order chi connectivity index (χ0) is 50.2. The molecule has 0 saturated heterocycles. The molecule has 0 unspecified atom stereocenters. The Hall–Kier alpha value is -9.76. The largest absolute Gasteiger partial charge is 0.309 e. The van der Waals surface area contributed by atoms with Crippen LogP contribution >= 0.6 is 0 Å². The molecule has 2 aliphatic rings.